The van der Waals surface area contributed by atoms with Crippen LogP contribution >= 0.6 is 0 Å². The Hall–Kier alpha value is -0.560. The van der Waals surface area contributed by atoms with Crippen molar-refractivity contribution in [2.75, 3.05) is 41.2 Å². The van der Waals surface area contributed by atoms with Crippen LogP contribution in [0.5, 0.6) is 0 Å². The Kier molecular flexibility index (Phi) is 19.4. The summed E-state index contributed by atoms with van der Waals surface area (Å²) in [7, 11) is 6.17. The van der Waals surface area contributed by atoms with Crippen molar-refractivity contribution < 1.29 is 28.4 Å². The maximum Gasteiger partial charge on any atom is 0.0667 e. The second-order valence-corrected chi connectivity index (χ2v) is 33.1. The molecule has 0 aromatic heterocycles. The zero-order chi connectivity index (χ0) is 59.2. The summed E-state index contributed by atoms with van der Waals surface area (Å²) in [5, 5.41) is 37.2. The van der Waals surface area contributed by atoms with Gasteiger partial charge >= 0.3 is 0 Å². The summed E-state index contributed by atoms with van der Waals surface area (Å²) in [6, 6.07) is 0. The maximum atomic E-state index is 7.76. The third-order valence-electron chi connectivity index (χ3n) is 29.6. The molecule has 15 aliphatic rings. The highest BCUT2D eigenvalue weighted by molar-refractivity contribution is 5.19. The number of hydrogen-bond acceptors (Lipinski definition) is 14. The minimum Gasteiger partial charge on any atom is -0.381 e. The van der Waals surface area contributed by atoms with E-state index in [9.17, 15) is 0 Å². The van der Waals surface area contributed by atoms with Gasteiger partial charge in [-0.1, -0.05) is 131 Å². The van der Waals surface area contributed by atoms with Crippen molar-refractivity contribution in [1.82, 2.24) is 42.5 Å². The molecule has 5 saturated heterocycles. The van der Waals surface area contributed by atoms with Gasteiger partial charge in [0.1, 0.15) is 0 Å². The average molecular weight is 1210 g/mol. The Balaban J connectivity index is 0.884. The highest BCUT2D eigenvalue weighted by Gasteiger charge is 2.68. The van der Waals surface area contributed by atoms with Crippen LogP contribution in [-0.2, 0) is 28.4 Å². The Morgan fingerprint density at radius 2 is 0.517 bits per heavy atom. The summed E-state index contributed by atoms with van der Waals surface area (Å²) in [6.45, 7) is 15.0. The molecule has 0 aromatic rings. The van der Waals surface area contributed by atoms with E-state index < -0.39 is 0 Å². The number of ether oxygens (including phenoxy) is 6. The molecule has 0 amide bonds. The maximum absolute atomic E-state index is 7.76. The molecule has 36 unspecified atom stereocenters. The van der Waals surface area contributed by atoms with Crippen LogP contribution in [0.1, 0.15) is 202 Å². The minimum atomic E-state index is 0.00210. The van der Waals surface area contributed by atoms with Gasteiger partial charge in [-0.3, -0.25) is 42.5 Å². The second kappa shape index (κ2) is 26.9. The Labute approximate surface area is 527 Å². The molecule has 14 nitrogen and oxygen atoms in total. The molecule has 36 atom stereocenters. The Morgan fingerprint density at radius 1 is 0.276 bits per heavy atom. The van der Waals surface area contributed by atoms with Gasteiger partial charge < -0.3 is 28.4 Å². The molecule has 0 radical (unpaired) electrons. The lowest BCUT2D eigenvalue weighted by Crippen LogP contribution is -2.64. The number of fused-ring (bicyclic) bond motifs is 26. The van der Waals surface area contributed by atoms with E-state index in [-0.39, 0.29) is 116 Å². The van der Waals surface area contributed by atoms with Crippen LogP contribution in [0, 0.1) is 130 Å². The van der Waals surface area contributed by atoms with Crippen LogP contribution in [0.25, 0.3) is 0 Å². The van der Waals surface area contributed by atoms with Gasteiger partial charge in [0.15, 0.2) is 0 Å². The lowest BCUT2D eigenvalue weighted by Gasteiger charge is -2.57. The molecule has 87 heavy (non-hydrogen) atoms. The van der Waals surface area contributed by atoms with Gasteiger partial charge in [-0.25, -0.2) is 0 Å². The first-order valence-electron chi connectivity index (χ1n) is 38.3. The number of methoxy groups -OCH3 is 3. The van der Waals surface area contributed by atoms with Gasteiger partial charge in [-0.05, 0) is 165 Å². The smallest absolute Gasteiger partial charge is 0.0667 e. The third-order valence-corrected chi connectivity index (χ3v) is 29.6. The van der Waals surface area contributed by atoms with E-state index in [2.05, 4.69) is 87.8 Å². The molecule has 15 rings (SSSR count). The molecule has 494 valence electrons. The summed E-state index contributed by atoms with van der Waals surface area (Å²) >= 11 is 0. The predicted molar refractivity (Wildman–Crippen MR) is 342 cm³/mol. The van der Waals surface area contributed by atoms with Crippen molar-refractivity contribution in [2.24, 2.45) is 130 Å². The zero-order valence-corrected chi connectivity index (χ0v) is 55.7. The molecule has 0 spiro atoms. The van der Waals surface area contributed by atoms with Crippen LogP contribution in [0.3, 0.4) is 0 Å². The summed E-state index contributed by atoms with van der Waals surface area (Å²) < 4.78 is 44.4. The van der Waals surface area contributed by atoms with Gasteiger partial charge in [-0.15, -0.1) is 0 Å². The van der Waals surface area contributed by atoms with Gasteiger partial charge in [0.2, 0.25) is 0 Å². The molecule has 10 aliphatic carbocycles. The fraction of sp³-hybridized carbons (Fsp3) is 1.00. The number of unbranched alkanes of at least 4 members (excludes halogenated alkanes) is 3. The molecule has 8 N–H and O–H groups in total. The molecule has 5 heterocycles. The lowest BCUT2D eigenvalue weighted by molar-refractivity contribution is -0.186. The first kappa shape index (κ1) is 62.5. The fourth-order valence-electron chi connectivity index (χ4n) is 26.2. The molecule has 10 saturated carbocycles. The van der Waals surface area contributed by atoms with Gasteiger partial charge in [0.05, 0.1) is 86.0 Å². The average Bonchev–Trinajstić information content (AvgIpc) is 1.67. The van der Waals surface area contributed by atoms with Crippen molar-refractivity contribution in [3.05, 3.63) is 0 Å². The topological polar surface area (TPSA) is 152 Å². The number of rotatable bonds is 15. The van der Waals surface area contributed by atoms with Gasteiger partial charge in [0, 0.05) is 76.7 Å². The first-order chi connectivity index (χ1) is 42.7. The standard InChI is InChI=1S/C73H126N8O6/c1-9-12-31-85-63-49-35-41-24-16-15-23-40(41)34-48(49)39(5)53-55(63)69-75-67(53)77-71-57-56(61(83-7)46-29-21-22-30-47(46)62(57)84-8)70(80-71)76-66-52-38(4)44-27-19-20-28-45(44)60(82-6)54(52)68(74-66)78-72-58-59(73(79-69)81-72)65(87-33-14-11-3)51-37-43-26-18-17-25-42(43)36-50(51)64(58)86-32-13-10-2/h38-81H,9-37H2,1-8H3. The molecule has 15 fully saturated rings. The Bertz CT molecular complexity index is 2260. The van der Waals surface area contributed by atoms with E-state index in [0.29, 0.717) is 76.9 Å². The van der Waals surface area contributed by atoms with Crippen molar-refractivity contribution in [3.63, 3.8) is 0 Å². The molecular formula is C73H126N8O6. The normalized spacial score (nSPS) is 54.8. The monoisotopic (exact) mass is 1210 g/mol. The SMILES string of the molecule is CCCCOC1C2CC3CCCCC3CC2C(C)C2C3NC(NC4NC(NC5NC(NC6NC(N3)C3C(OC)C7CCCCC7C(OC)C63)C3C(C)C6CCCCC6C(OC)C53)C3C(OCCCC)C5CC6CCCCC6CC5C(OCCCC)C43)C12. The Morgan fingerprint density at radius 3 is 0.851 bits per heavy atom. The van der Waals surface area contributed by atoms with Crippen molar-refractivity contribution >= 4 is 0 Å². The van der Waals surface area contributed by atoms with E-state index in [1.165, 1.54) is 128 Å². The molecule has 5 aliphatic heterocycles. The van der Waals surface area contributed by atoms with Gasteiger partial charge in [-0.2, -0.15) is 0 Å². The number of nitrogens with one attached hydrogen (secondary N) is 8. The second-order valence-electron chi connectivity index (χ2n) is 33.1. The largest absolute Gasteiger partial charge is 0.381 e. The molecule has 0 aromatic carbocycles. The van der Waals surface area contributed by atoms with E-state index in [1.807, 2.05) is 0 Å². The number of hydrogen-bond donors (Lipinski definition) is 8. The fourth-order valence-corrected chi connectivity index (χ4v) is 26.2. The summed E-state index contributed by atoms with van der Waals surface area (Å²) in [4.78, 5) is 0. The van der Waals surface area contributed by atoms with Gasteiger partial charge in [0.25, 0.3) is 0 Å². The van der Waals surface area contributed by atoms with E-state index >= 15 is 0 Å². The van der Waals surface area contributed by atoms with E-state index in [1.54, 1.807) is 0 Å². The zero-order valence-electron chi connectivity index (χ0n) is 55.7. The first-order valence-corrected chi connectivity index (χ1v) is 38.3. The third kappa shape index (κ3) is 11.0. The van der Waals surface area contributed by atoms with Crippen molar-refractivity contribution in [2.45, 2.75) is 288 Å². The molecular weight excluding hydrogens is 1080 g/mol. The summed E-state index contributed by atoms with van der Waals surface area (Å²) in [6.07, 6.45) is 34.8. The molecule has 8 bridgehead atoms. The van der Waals surface area contributed by atoms with Crippen molar-refractivity contribution in [1.29, 1.82) is 0 Å². The quantitative estimate of drug-likeness (QED) is 0.0735. The van der Waals surface area contributed by atoms with Crippen LogP contribution in [-0.4, -0.2) is 127 Å². The summed E-state index contributed by atoms with van der Waals surface area (Å²) in [5.41, 5.74) is 0. The highest BCUT2D eigenvalue weighted by Crippen LogP contribution is 2.62. The lowest BCUT2D eigenvalue weighted by atomic mass is 9.52. The summed E-state index contributed by atoms with van der Waals surface area (Å²) in [5.74, 6) is 11.0. The minimum absolute atomic E-state index is 0.00210. The van der Waals surface area contributed by atoms with E-state index in [0.717, 1.165) is 82.0 Å². The van der Waals surface area contributed by atoms with Crippen LogP contribution in [0.2, 0.25) is 0 Å². The van der Waals surface area contributed by atoms with Crippen LogP contribution in [0.15, 0.2) is 0 Å². The predicted octanol–water partition coefficient (Wildman–Crippen LogP) is 10.5. The van der Waals surface area contributed by atoms with Crippen molar-refractivity contribution in [3.8, 4) is 0 Å². The van der Waals surface area contributed by atoms with Crippen LogP contribution < -0.4 is 42.5 Å². The highest BCUT2D eigenvalue weighted by atomic mass is 16.5. The molecule has 14 heteroatoms. The van der Waals surface area contributed by atoms with Crippen LogP contribution in [0.4, 0.5) is 0 Å². The van der Waals surface area contributed by atoms with E-state index in [4.69, 9.17) is 39.1 Å².